The fourth-order valence-electron chi connectivity index (χ4n) is 3.39. The first-order valence-electron chi connectivity index (χ1n) is 9.91. The highest BCUT2D eigenvalue weighted by Crippen LogP contribution is 2.22. The number of nitrogens with zero attached hydrogens (tertiary/aromatic N) is 3. The molecule has 0 fully saturated rings. The second-order valence-electron chi connectivity index (χ2n) is 7.48. The third kappa shape index (κ3) is 4.41. The molecule has 0 unspecified atom stereocenters. The molecule has 0 saturated carbocycles. The summed E-state index contributed by atoms with van der Waals surface area (Å²) < 4.78 is 14.8. The summed E-state index contributed by atoms with van der Waals surface area (Å²) in [6, 6.07) is 12.1. The Kier molecular flexibility index (Phi) is 5.55. The van der Waals surface area contributed by atoms with Crippen LogP contribution in [-0.4, -0.2) is 26.5 Å². The highest BCUT2D eigenvalue weighted by Gasteiger charge is 2.14. The smallest absolute Gasteiger partial charge is 0.320 e. The van der Waals surface area contributed by atoms with E-state index < -0.39 is 6.03 Å². The molecule has 9 heteroatoms. The van der Waals surface area contributed by atoms with Gasteiger partial charge >= 0.3 is 6.03 Å². The molecule has 2 amide bonds. The van der Waals surface area contributed by atoms with Crippen molar-refractivity contribution in [1.82, 2.24) is 20.1 Å². The molecule has 8 nitrogen and oxygen atoms in total. The first kappa shape index (κ1) is 21.0. The standard InChI is InChI=1S/C23H22FN7O/c1-13(14-3-6-17(24)7-4-14)28-23(32)29-21-10-19(25)18(11-27-21)22(26)15-5-8-20-16(9-15)12-31(2)30-20/h3-13,26H,1-2H3,(H4,25,27,28,29,32)/t13-/m1/s1. The number of halogens is 1. The van der Waals surface area contributed by atoms with Gasteiger partial charge in [-0.1, -0.05) is 18.2 Å². The van der Waals surface area contributed by atoms with Gasteiger partial charge in [-0.15, -0.1) is 0 Å². The summed E-state index contributed by atoms with van der Waals surface area (Å²) in [5.41, 5.74) is 9.45. The average Bonchev–Trinajstić information content (AvgIpc) is 3.13. The lowest BCUT2D eigenvalue weighted by molar-refractivity contribution is 0.249. The van der Waals surface area contributed by atoms with E-state index in [0.717, 1.165) is 16.5 Å². The van der Waals surface area contributed by atoms with Crippen molar-refractivity contribution < 1.29 is 9.18 Å². The summed E-state index contributed by atoms with van der Waals surface area (Å²) in [6.07, 6.45) is 3.34. The van der Waals surface area contributed by atoms with Crippen molar-refractivity contribution in [2.75, 3.05) is 11.1 Å². The van der Waals surface area contributed by atoms with Crippen molar-refractivity contribution >= 4 is 34.2 Å². The van der Waals surface area contributed by atoms with Crippen LogP contribution in [0.2, 0.25) is 0 Å². The SMILES string of the molecule is C[C@@H](NC(=O)Nc1cc(N)c(C(=N)c2ccc3nn(C)cc3c2)cn1)c1ccc(F)cc1. The van der Waals surface area contributed by atoms with Gasteiger partial charge in [0.25, 0.3) is 0 Å². The number of nitrogens with one attached hydrogen (secondary N) is 3. The van der Waals surface area contributed by atoms with E-state index in [4.69, 9.17) is 11.1 Å². The van der Waals surface area contributed by atoms with E-state index in [1.54, 1.807) is 23.7 Å². The highest BCUT2D eigenvalue weighted by atomic mass is 19.1. The summed E-state index contributed by atoms with van der Waals surface area (Å²) in [5.74, 6) is -0.0818. The molecule has 0 aliphatic heterocycles. The van der Waals surface area contributed by atoms with Crippen molar-refractivity contribution in [2.24, 2.45) is 7.05 Å². The maximum atomic E-state index is 13.1. The first-order valence-corrected chi connectivity index (χ1v) is 9.91. The van der Waals surface area contributed by atoms with E-state index in [-0.39, 0.29) is 23.4 Å². The number of carbonyl (C=O) groups is 1. The molecule has 2 aromatic carbocycles. The third-order valence-corrected chi connectivity index (χ3v) is 5.07. The van der Waals surface area contributed by atoms with E-state index >= 15 is 0 Å². The summed E-state index contributed by atoms with van der Waals surface area (Å²) >= 11 is 0. The number of anilines is 2. The number of amides is 2. The Balaban J connectivity index is 1.45. The summed E-state index contributed by atoms with van der Waals surface area (Å²) in [6.45, 7) is 1.79. The van der Waals surface area contributed by atoms with Crippen LogP contribution in [0, 0.1) is 11.2 Å². The Morgan fingerprint density at radius 2 is 1.94 bits per heavy atom. The lowest BCUT2D eigenvalue weighted by Gasteiger charge is -2.15. The van der Waals surface area contributed by atoms with Crippen molar-refractivity contribution in [3.05, 3.63) is 83.4 Å². The van der Waals surface area contributed by atoms with Gasteiger partial charge in [0.1, 0.15) is 11.6 Å². The summed E-state index contributed by atoms with van der Waals surface area (Å²) in [7, 11) is 1.84. The van der Waals surface area contributed by atoms with Gasteiger partial charge in [-0.2, -0.15) is 5.10 Å². The van der Waals surface area contributed by atoms with Crippen LogP contribution in [0.15, 0.2) is 60.9 Å². The number of rotatable bonds is 5. The molecule has 4 aromatic rings. The number of pyridine rings is 1. The summed E-state index contributed by atoms with van der Waals surface area (Å²) in [4.78, 5) is 16.5. The van der Waals surface area contributed by atoms with E-state index in [0.29, 0.717) is 16.8 Å². The van der Waals surface area contributed by atoms with Gasteiger partial charge in [-0.3, -0.25) is 15.4 Å². The number of nitrogen functional groups attached to an aromatic ring is 1. The number of aromatic nitrogens is 3. The molecule has 0 radical (unpaired) electrons. The van der Waals surface area contributed by atoms with Gasteiger partial charge in [0.15, 0.2) is 0 Å². The maximum absolute atomic E-state index is 13.1. The molecule has 2 heterocycles. The Labute approximate surface area is 183 Å². The Morgan fingerprint density at radius 3 is 2.66 bits per heavy atom. The molecule has 162 valence electrons. The molecule has 1 atom stereocenters. The third-order valence-electron chi connectivity index (χ3n) is 5.07. The molecule has 2 aromatic heterocycles. The fraction of sp³-hybridized carbons (Fsp3) is 0.130. The predicted molar refractivity (Wildman–Crippen MR) is 122 cm³/mol. The van der Waals surface area contributed by atoms with E-state index in [1.807, 2.05) is 31.4 Å². The van der Waals surface area contributed by atoms with Gasteiger partial charge in [-0.25, -0.2) is 14.2 Å². The molecule has 0 aliphatic carbocycles. The van der Waals surface area contributed by atoms with Crippen LogP contribution in [-0.2, 0) is 7.05 Å². The van der Waals surface area contributed by atoms with Crippen LogP contribution < -0.4 is 16.4 Å². The van der Waals surface area contributed by atoms with Crippen molar-refractivity contribution in [1.29, 1.82) is 5.41 Å². The van der Waals surface area contributed by atoms with Crippen molar-refractivity contribution in [3.8, 4) is 0 Å². The lowest BCUT2D eigenvalue weighted by Crippen LogP contribution is -2.31. The second kappa shape index (κ2) is 8.46. The van der Waals surface area contributed by atoms with Crippen LogP contribution in [0.1, 0.15) is 29.7 Å². The number of hydrogen-bond donors (Lipinski definition) is 4. The molecule has 32 heavy (non-hydrogen) atoms. The van der Waals surface area contributed by atoms with Gasteiger partial charge in [0, 0.05) is 47.7 Å². The minimum Gasteiger partial charge on any atom is -0.398 e. The number of hydrogen-bond acceptors (Lipinski definition) is 5. The quantitative estimate of drug-likeness (QED) is 0.357. The number of nitrogens with two attached hydrogens (primary N) is 1. The Morgan fingerprint density at radius 1 is 1.19 bits per heavy atom. The number of aryl methyl sites for hydroxylation is 1. The molecule has 4 rings (SSSR count). The molecule has 0 spiro atoms. The van der Waals surface area contributed by atoms with Gasteiger partial charge in [-0.05, 0) is 36.8 Å². The van der Waals surface area contributed by atoms with Crippen LogP contribution in [0.25, 0.3) is 10.9 Å². The molecule has 5 N–H and O–H groups in total. The number of carbonyl (C=O) groups excluding carboxylic acids is 1. The predicted octanol–water partition coefficient (Wildman–Crippen LogP) is 3.99. The number of urea groups is 1. The van der Waals surface area contributed by atoms with Crippen molar-refractivity contribution in [3.63, 3.8) is 0 Å². The first-order chi connectivity index (χ1) is 15.3. The van der Waals surface area contributed by atoms with Gasteiger partial charge in [0.2, 0.25) is 0 Å². The zero-order chi connectivity index (χ0) is 22.8. The Bertz CT molecular complexity index is 1310. The number of fused-ring (bicyclic) bond motifs is 1. The minimum atomic E-state index is -0.474. The van der Waals surface area contributed by atoms with Crippen LogP contribution in [0.4, 0.5) is 20.7 Å². The lowest BCUT2D eigenvalue weighted by atomic mass is 10.0. The maximum Gasteiger partial charge on any atom is 0.320 e. The average molecular weight is 431 g/mol. The number of benzene rings is 2. The van der Waals surface area contributed by atoms with Crippen LogP contribution in [0.3, 0.4) is 0 Å². The zero-order valence-corrected chi connectivity index (χ0v) is 17.6. The minimum absolute atomic E-state index is 0.224. The van der Waals surface area contributed by atoms with Gasteiger partial charge < -0.3 is 11.1 Å². The van der Waals surface area contributed by atoms with E-state index in [1.165, 1.54) is 24.4 Å². The largest absolute Gasteiger partial charge is 0.398 e. The molecule has 0 aliphatic rings. The van der Waals surface area contributed by atoms with Gasteiger partial charge in [0.05, 0.1) is 17.3 Å². The van der Waals surface area contributed by atoms with Crippen LogP contribution >= 0.6 is 0 Å². The Hall–Kier alpha value is -4.27. The molecule has 0 bridgehead atoms. The van der Waals surface area contributed by atoms with Crippen molar-refractivity contribution in [2.45, 2.75) is 13.0 Å². The topological polar surface area (TPSA) is 122 Å². The van der Waals surface area contributed by atoms with E-state index in [2.05, 4.69) is 20.7 Å². The molecular weight excluding hydrogens is 409 g/mol. The molecular formula is C23H22FN7O. The van der Waals surface area contributed by atoms with E-state index in [9.17, 15) is 9.18 Å². The van der Waals surface area contributed by atoms with Crippen LogP contribution in [0.5, 0.6) is 0 Å². The monoisotopic (exact) mass is 431 g/mol. The highest BCUT2D eigenvalue weighted by molar-refractivity contribution is 6.15. The summed E-state index contributed by atoms with van der Waals surface area (Å²) in [5, 5.41) is 19.2. The zero-order valence-electron chi connectivity index (χ0n) is 17.6. The fourth-order valence-corrected chi connectivity index (χ4v) is 3.39. The molecule has 0 saturated heterocycles. The second-order valence-corrected chi connectivity index (χ2v) is 7.48. The normalized spacial score (nSPS) is 11.8.